The molecule has 0 saturated carbocycles. The van der Waals surface area contributed by atoms with Crippen molar-refractivity contribution < 1.29 is 28.6 Å². The first-order valence-electron chi connectivity index (χ1n) is 10.6. The largest absolute Gasteiger partial charge is 0.465 e. The number of amides is 1. The number of benzene rings is 1. The summed E-state index contributed by atoms with van der Waals surface area (Å²) in [6, 6.07) is 3.19. The number of nitrogens with two attached hydrogens (primary N) is 1. The van der Waals surface area contributed by atoms with Crippen LogP contribution >= 0.6 is 0 Å². The van der Waals surface area contributed by atoms with Crippen molar-refractivity contribution in [2.24, 2.45) is 0 Å². The molecule has 0 atom stereocenters. The lowest BCUT2D eigenvalue weighted by molar-refractivity contribution is -0.154. The number of carbonyl (C=O) groups is 3. The standard InChI is InChI=1S/C23H37N3O6/c1-22(2,3)31-18(27)10-9-15-13-16(20(28)30-7)14-17(24)19(15)25-11-8-12-26-21(29)32-23(4,5)6/h13-14,25H,8-12,24H2,1-7H3,(H,26,29). The zero-order valence-electron chi connectivity index (χ0n) is 20.2. The highest BCUT2D eigenvalue weighted by Crippen LogP contribution is 2.28. The van der Waals surface area contributed by atoms with E-state index in [0.29, 0.717) is 48.4 Å². The summed E-state index contributed by atoms with van der Waals surface area (Å²) in [5.74, 6) is -0.851. The molecule has 0 aliphatic heterocycles. The van der Waals surface area contributed by atoms with Crippen LogP contribution in [-0.4, -0.2) is 49.4 Å². The lowest BCUT2D eigenvalue weighted by Crippen LogP contribution is -2.33. The van der Waals surface area contributed by atoms with Crippen LogP contribution < -0.4 is 16.4 Å². The van der Waals surface area contributed by atoms with E-state index >= 15 is 0 Å². The molecule has 0 spiro atoms. The molecule has 0 aliphatic rings. The number of nitrogen functional groups attached to an aromatic ring is 1. The van der Waals surface area contributed by atoms with Crippen molar-refractivity contribution in [1.29, 1.82) is 0 Å². The summed E-state index contributed by atoms with van der Waals surface area (Å²) in [6.45, 7) is 11.7. The number of hydrogen-bond acceptors (Lipinski definition) is 8. The second-order valence-electron chi connectivity index (χ2n) is 9.39. The van der Waals surface area contributed by atoms with Crippen LogP contribution in [0.15, 0.2) is 12.1 Å². The van der Waals surface area contributed by atoms with E-state index in [1.165, 1.54) is 13.2 Å². The highest BCUT2D eigenvalue weighted by molar-refractivity contribution is 5.93. The highest BCUT2D eigenvalue weighted by atomic mass is 16.6. The number of carbonyl (C=O) groups excluding carboxylic acids is 3. The van der Waals surface area contributed by atoms with E-state index in [1.54, 1.807) is 47.6 Å². The van der Waals surface area contributed by atoms with Crippen molar-refractivity contribution in [3.05, 3.63) is 23.3 Å². The van der Waals surface area contributed by atoms with Gasteiger partial charge in [0.05, 0.1) is 24.0 Å². The summed E-state index contributed by atoms with van der Waals surface area (Å²) in [4.78, 5) is 35.8. The van der Waals surface area contributed by atoms with Crippen molar-refractivity contribution in [1.82, 2.24) is 5.32 Å². The molecule has 1 aromatic rings. The molecule has 1 aromatic carbocycles. The summed E-state index contributed by atoms with van der Waals surface area (Å²) >= 11 is 0. The second-order valence-corrected chi connectivity index (χ2v) is 9.39. The minimum Gasteiger partial charge on any atom is -0.465 e. The third kappa shape index (κ3) is 10.4. The lowest BCUT2D eigenvalue weighted by Gasteiger charge is -2.20. The molecule has 9 nitrogen and oxygen atoms in total. The van der Waals surface area contributed by atoms with Crippen molar-refractivity contribution >= 4 is 29.4 Å². The van der Waals surface area contributed by atoms with Crippen LogP contribution in [0.4, 0.5) is 16.2 Å². The van der Waals surface area contributed by atoms with E-state index < -0.39 is 23.3 Å². The molecule has 0 saturated heterocycles. The van der Waals surface area contributed by atoms with E-state index in [0.717, 1.165) is 0 Å². The maximum Gasteiger partial charge on any atom is 0.407 e. The molecule has 1 amide bonds. The van der Waals surface area contributed by atoms with Crippen molar-refractivity contribution in [2.45, 2.75) is 72.0 Å². The molecule has 0 radical (unpaired) electrons. The van der Waals surface area contributed by atoms with Gasteiger partial charge in [-0.3, -0.25) is 4.79 Å². The SMILES string of the molecule is COC(=O)c1cc(N)c(NCCCNC(=O)OC(C)(C)C)c(CCC(=O)OC(C)(C)C)c1. The molecule has 9 heteroatoms. The van der Waals surface area contributed by atoms with Gasteiger partial charge in [0.15, 0.2) is 0 Å². The Labute approximate surface area is 190 Å². The average Bonchev–Trinajstić information content (AvgIpc) is 2.63. The maximum absolute atomic E-state index is 12.1. The van der Waals surface area contributed by atoms with Crippen molar-refractivity contribution in [3.63, 3.8) is 0 Å². The fraction of sp³-hybridized carbons (Fsp3) is 0.609. The maximum atomic E-state index is 12.1. The van der Waals surface area contributed by atoms with Gasteiger partial charge in [0.25, 0.3) is 0 Å². The van der Waals surface area contributed by atoms with E-state index in [2.05, 4.69) is 10.6 Å². The van der Waals surface area contributed by atoms with Gasteiger partial charge in [0.1, 0.15) is 11.2 Å². The van der Waals surface area contributed by atoms with Gasteiger partial charge < -0.3 is 30.6 Å². The fourth-order valence-electron chi connectivity index (χ4n) is 2.81. The van der Waals surface area contributed by atoms with E-state index in [4.69, 9.17) is 19.9 Å². The quantitative estimate of drug-likeness (QED) is 0.225. The number of alkyl carbamates (subject to hydrolysis) is 1. The zero-order valence-corrected chi connectivity index (χ0v) is 20.2. The van der Waals surface area contributed by atoms with Crippen LogP contribution in [0.5, 0.6) is 0 Å². The minimum absolute atomic E-state index is 0.135. The van der Waals surface area contributed by atoms with Gasteiger partial charge in [-0.2, -0.15) is 0 Å². The van der Waals surface area contributed by atoms with Gasteiger partial charge in [0.2, 0.25) is 0 Å². The molecule has 0 unspecified atom stereocenters. The van der Waals surface area contributed by atoms with Gasteiger partial charge in [-0.15, -0.1) is 0 Å². The van der Waals surface area contributed by atoms with Crippen LogP contribution in [0, 0.1) is 0 Å². The fourth-order valence-corrected chi connectivity index (χ4v) is 2.81. The Kier molecular flexibility index (Phi) is 9.80. The van der Waals surface area contributed by atoms with Crippen LogP contribution in [0.2, 0.25) is 0 Å². The summed E-state index contributed by atoms with van der Waals surface area (Å²) in [7, 11) is 1.29. The Hall–Kier alpha value is -2.97. The Balaban J connectivity index is 2.80. The van der Waals surface area contributed by atoms with Crippen LogP contribution in [0.1, 0.15) is 70.3 Å². The predicted octanol–water partition coefficient (Wildman–Crippen LogP) is 3.66. The number of esters is 2. The van der Waals surface area contributed by atoms with Gasteiger partial charge >= 0.3 is 18.0 Å². The van der Waals surface area contributed by atoms with Crippen molar-refractivity contribution in [3.8, 4) is 0 Å². The third-order valence-corrected chi connectivity index (χ3v) is 4.01. The predicted molar refractivity (Wildman–Crippen MR) is 124 cm³/mol. The van der Waals surface area contributed by atoms with Gasteiger partial charge in [-0.25, -0.2) is 9.59 Å². The summed E-state index contributed by atoms with van der Waals surface area (Å²) in [5, 5.41) is 5.93. The number of anilines is 2. The molecule has 0 fully saturated rings. The molecule has 32 heavy (non-hydrogen) atoms. The van der Waals surface area contributed by atoms with E-state index in [9.17, 15) is 14.4 Å². The van der Waals surface area contributed by atoms with Crippen molar-refractivity contribution in [2.75, 3.05) is 31.2 Å². The topological polar surface area (TPSA) is 129 Å². The molecule has 0 bridgehead atoms. The van der Waals surface area contributed by atoms with Crippen LogP contribution in [0.25, 0.3) is 0 Å². The van der Waals surface area contributed by atoms with E-state index in [-0.39, 0.29) is 12.4 Å². The summed E-state index contributed by atoms with van der Waals surface area (Å²) < 4.78 is 15.4. The molecule has 0 aromatic heterocycles. The molecule has 0 heterocycles. The highest BCUT2D eigenvalue weighted by Gasteiger charge is 2.19. The summed E-state index contributed by atoms with van der Waals surface area (Å²) in [5.41, 5.74) is 7.06. The first kappa shape index (κ1) is 27.1. The monoisotopic (exact) mass is 451 g/mol. The number of ether oxygens (including phenoxy) is 3. The summed E-state index contributed by atoms with van der Waals surface area (Å²) in [6.07, 6.45) is 0.610. The zero-order chi connectivity index (χ0) is 24.5. The Morgan fingerprint density at radius 2 is 1.59 bits per heavy atom. The van der Waals surface area contributed by atoms with E-state index in [1.807, 2.05) is 0 Å². The Morgan fingerprint density at radius 1 is 0.969 bits per heavy atom. The molecule has 4 N–H and O–H groups in total. The van der Waals surface area contributed by atoms with Crippen LogP contribution in [0.3, 0.4) is 0 Å². The van der Waals surface area contributed by atoms with Gasteiger partial charge in [0, 0.05) is 19.5 Å². The molecule has 0 aliphatic carbocycles. The molecular weight excluding hydrogens is 414 g/mol. The third-order valence-electron chi connectivity index (χ3n) is 4.01. The first-order chi connectivity index (χ1) is 14.7. The smallest absolute Gasteiger partial charge is 0.407 e. The Morgan fingerprint density at radius 3 is 2.16 bits per heavy atom. The number of nitrogens with one attached hydrogen (secondary N) is 2. The van der Waals surface area contributed by atoms with Gasteiger partial charge in [-0.1, -0.05) is 0 Å². The first-order valence-corrected chi connectivity index (χ1v) is 10.6. The lowest BCUT2D eigenvalue weighted by atomic mass is 10.0. The molecule has 1 rings (SSSR count). The molecular formula is C23H37N3O6. The Bertz CT molecular complexity index is 809. The number of methoxy groups -OCH3 is 1. The minimum atomic E-state index is -0.577. The second kappa shape index (κ2) is 11.6. The normalized spacial score (nSPS) is 11.5. The van der Waals surface area contributed by atoms with Gasteiger partial charge in [-0.05, 0) is 72.1 Å². The average molecular weight is 452 g/mol. The number of hydrogen-bond donors (Lipinski definition) is 3. The number of aryl methyl sites for hydroxylation is 1. The van der Waals surface area contributed by atoms with Crippen LogP contribution in [-0.2, 0) is 25.4 Å². The molecule has 180 valence electrons. The number of rotatable bonds is 9.